The van der Waals surface area contributed by atoms with E-state index in [4.69, 9.17) is 0 Å². The SMILES string of the molecule is C(=NCCCc1ccccc1)c1cccnc1. The molecule has 0 aliphatic rings. The zero-order valence-electron chi connectivity index (χ0n) is 9.79. The molecular weight excluding hydrogens is 208 g/mol. The molecule has 86 valence electrons. The highest BCUT2D eigenvalue weighted by Gasteiger charge is 1.90. The van der Waals surface area contributed by atoms with E-state index >= 15 is 0 Å². The number of pyridine rings is 1. The Kier molecular flexibility index (Phi) is 4.46. The molecule has 0 radical (unpaired) electrons. The predicted molar refractivity (Wildman–Crippen MR) is 71.5 cm³/mol. The first-order valence-electron chi connectivity index (χ1n) is 5.89. The number of benzene rings is 1. The Morgan fingerprint density at radius 1 is 1.06 bits per heavy atom. The predicted octanol–water partition coefficient (Wildman–Crippen LogP) is 3.13. The number of hydrogen-bond donors (Lipinski definition) is 0. The quantitative estimate of drug-likeness (QED) is 0.566. The van der Waals surface area contributed by atoms with Crippen LogP contribution in [0.15, 0.2) is 59.9 Å². The fraction of sp³-hybridized carbons (Fsp3) is 0.200. The molecule has 0 atom stereocenters. The Hall–Kier alpha value is -1.96. The molecule has 0 amide bonds. The zero-order valence-corrected chi connectivity index (χ0v) is 9.79. The number of aryl methyl sites for hydroxylation is 1. The number of aromatic nitrogens is 1. The van der Waals surface area contributed by atoms with Crippen LogP contribution in [-0.2, 0) is 6.42 Å². The maximum absolute atomic E-state index is 4.39. The molecule has 17 heavy (non-hydrogen) atoms. The lowest BCUT2D eigenvalue weighted by Gasteiger charge is -1.98. The van der Waals surface area contributed by atoms with Gasteiger partial charge < -0.3 is 0 Å². The summed E-state index contributed by atoms with van der Waals surface area (Å²) in [7, 11) is 0. The van der Waals surface area contributed by atoms with Crippen molar-refractivity contribution >= 4 is 6.21 Å². The van der Waals surface area contributed by atoms with E-state index in [9.17, 15) is 0 Å². The minimum Gasteiger partial charge on any atom is -0.292 e. The van der Waals surface area contributed by atoms with Crippen molar-refractivity contribution in [2.75, 3.05) is 6.54 Å². The van der Waals surface area contributed by atoms with Crippen LogP contribution in [0.3, 0.4) is 0 Å². The monoisotopic (exact) mass is 224 g/mol. The van der Waals surface area contributed by atoms with Gasteiger partial charge >= 0.3 is 0 Å². The highest BCUT2D eigenvalue weighted by Crippen LogP contribution is 2.02. The van der Waals surface area contributed by atoms with Gasteiger partial charge in [0.25, 0.3) is 0 Å². The van der Waals surface area contributed by atoms with Crippen LogP contribution in [0.4, 0.5) is 0 Å². The Balaban J connectivity index is 1.72. The van der Waals surface area contributed by atoms with Crippen molar-refractivity contribution < 1.29 is 0 Å². The van der Waals surface area contributed by atoms with Gasteiger partial charge in [0.15, 0.2) is 0 Å². The molecule has 0 unspecified atom stereocenters. The highest BCUT2D eigenvalue weighted by atomic mass is 14.7. The molecule has 1 heterocycles. The summed E-state index contributed by atoms with van der Waals surface area (Å²) in [5, 5.41) is 0. The van der Waals surface area contributed by atoms with Crippen LogP contribution in [-0.4, -0.2) is 17.7 Å². The molecule has 0 aliphatic heterocycles. The van der Waals surface area contributed by atoms with Crippen molar-refractivity contribution in [3.05, 3.63) is 66.0 Å². The average molecular weight is 224 g/mol. The summed E-state index contributed by atoms with van der Waals surface area (Å²) in [6, 6.07) is 14.4. The van der Waals surface area contributed by atoms with Crippen LogP contribution >= 0.6 is 0 Å². The van der Waals surface area contributed by atoms with Gasteiger partial charge in [-0.25, -0.2) is 0 Å². The minimum atomic E-state index is 0.865. The molecule has 1 aromatic carbocycles. The van der Waals surface area contributed by atoms with E-state index < -0.39 is 0 Å². The van der Waals surface area contributed by atoms with Crippen LogP contribution in [0, 0.1) is 0 Å². The lowest BCUT2D eigenvalue weighted by Crippen LogP contribution is -1.89. The summed E-state index contributed by atoms with van der Waals surface area (Å²) in [5.74, 6) is 0. The van der Waals surface area contributed by atoms with Gasteiger partial charge in [0, 0.05) is 30.7 Å². The molecule has 0 aliphatic carbocycles. The maximum Gasteiger partial charge on any atom is 0.0392 e. The smallest absolute Gasteiger partial charge is 0.0392 e. The first kappa shape index (κ1) is 11.5. The van der Waals surface area contributed by atoms with Crippen molar-refractivity contribution in [2.24, 2.45) is 4.99 Å². The van der Waals surface area contributed by atoms with Crippen LogP contribution in [0.5, 0.6) is 0 Å². The summed E-state index contributed by atoms with van der Waals surface area (Å²) in [4.78, 5) is 8.43. The van der Waals surface area contributed by atoms with Gasteiger partial charge in [-0.2, -0.15) is 0 Å². The summed E-state index contributed by atoms with van der Waals surface area (Å²) < 4.78 is 0. The Bertz CT molecular complexity index is 449. The lowest BCUT2D eigenvalue weighted by atomic mass is 10.1. The second kappa shape index (κ2) is 6.59. The van der Waals surface area contributed by atoms with Gasteiger partial charge in [-0.3, -0.25) is 9.98 Å². The highest BCUT2D eigenvalue weighted by molar-refractivity contribution is 5.78. The summed E-state index contributed by atoms with van der Waals surface area (Å²) in [5.41, 5.74) is 2.44. The molecular formula is C15H16N2. The minimum absolute atomic E-state index is 0.865. The van der Waals surface area contributed by atoms with E-state index in [2.05, 4.69) is 34.2 Å². The van der Waals surface area contributed by atoms with Gasteiger partial charge in [-0.05, 0) is 24.5 Å². The third-order valence-electron chi connectivity index (χ3n) is 2.52. The second-order valence-electron chi connectivity index (χ2n) is 3.91. The van der Waals surface area contributed by atoms with Gasteiger partial charge in [-0.1, -0.05) is 36.4 Å². The molecule has 2 aromatic rings. The van der Waals surface area contributed by atoms with Gasteiger partial charge in [-0.15, -0.1) is 0 Å². The van der Waals surface area contributed by atoms with Gasteiger partial charge in [0.05, 0.1) is 0 Å². The van der Waals surface area contributed by atoms with Crippen molar-refractivity contribution in [3.63, 3.8) is 0 Å². The van der Waals surface area contributed by atoms with Gasteiger partial charge in [0.1, 0.15) is 0 Å². The fourth-order valence-electron chi connectivity index (χ4n) is 1.64. The second-order valence-corrected chi connectivity index (χ2v) is 3.91. The lowest BCUT2D eigenvalue weighted by molar-refractivity contribution is 0.836. The topological polar surface area (TPSA) is 25.2 Å². The third-order valence-corrected chi connectivity index (χ3v) is 2.52. The molecule has 0 N–H and O–H groups in total. The van der Waals surface area contributed by atoms with Crippen LogP contribution < -0.4 is 0 Å². The number of aliphatic imine (C=N–C) groups is 1. The van der Waals surface area contributed by atoms with E-state index in [1.54, 1.807) is 6.20 Å². The molecule has 0 spiro atoms. The van der Waals surface area contributed by atoms with Crippen molar-refractivity contribution in [2.45, 2.75) is 12.8 Å². The number of rotatable bonds is 5. The Morgan fingerprint density at radius 2 is 1.94 bits per heavy atom. The van der Waals surface area contributed by atoms with E-state index in [1.165, 1.54) is 5.56 Å². The van der Waals surface area contributed by atoms with E-state index in [1.807, 2.05) is 30.6 Å². The van der Waals surface area contributed by atoms with Crippen LogP contribution in [0.2, 0.25) is 0 Å². The summed E-state index contributed by atoms with van der Waals surface area (Å²) in [6.07, 6.45) is 7.65. The molecule has 0 fully saturated rings. The molecule has 0 bridgehead atoms. The average Bonchev–Trinajstić information content (AvgIpc) is 2.41. The largest absolute Gasteiger partial charge is 0.292 e. The summed E-state index contributed by atoms with van der Waals surface area (Å²) in [6.45, 7) is 0.865. The van der Waals surface area contributed by atoms with Crippen LogP contribution in [0.25, 0.3) is 0 Å². The Morgan fingerprint density at radius 3 is 2.71 bits per heavy atom. The number of nitrogens with zero attached hydrogens (tertiary/aromatic N) is 2. The molecule has 0 saturated carbocycles. The molecule has 1 aromatic heterocycles. The molecule has 2 heteroatoms. The standard InChI is InChI=1S/C15H16N2/c1-2-6-14(7-3-1)8-4-10-16-12-15-9-5-11-17-13-15/h1-3,5-7,9,11-13H,4,8,10H2. The third kappa shape index (κ3) is 4.19. The van der Waals surface area contributed by atoms with E-state index in [-0.39, 0.29) is 0 Å². The molecule has 0 saturated heterocycles. The van der Waals surface area contributed by atoms with E-state index in [0.29, 0.717) is 0 Å². The van der Waals surface area contributed by atoms with Crippen molar-refractivity contribution in [1.29, 1.82) is 0 Å². The number of hydrogen-bond acceptors (Lipinski definition) is 2. The van der Waals surface area contributed by atoms with E-state index in [0.717, 1.165) is 24.9 Å². The zero-order chi connectivity index (χ0) is 11.8. The van der Waals surface area contributed by atoms with Crippen molar-refractivity contribution in [3.8, 4) is 0 Å². The summed E-state index contributed by atoms with van der Waals surface area (Å²) >= 11 is 0. The maximum atomic E-state index is 4.39. The Labute approximate surface area is 102 Å². The fourth-order valence-corrected chi connectivity index (χ4v) is 1.64. The first-order valence-corrected chi connectivity index (χ1v) is 5.89. The van der Waals surface area contributed by atoms with Crippen molar-refractivity contribution in [1.82, 2.24) is 4.98 Å². The van der Waals surface area contributed by atoms with Gasteiger partial charge in [0.2, 0.25) is 0 Å². The molecule has 2 rings (SSSR count). The normalized spacial score (nSPS) is 10.8. The van der Waals surface area contributed by atoms with Crippen LogP contribution in [0.1, 0.15) is 17.5 Å². The first-order chi connectivity index (χ1) is 8.45. The molecule has 2 nitrogen and oxygen atoms in total.